The molecule has 0 radical (unpaired) electrons. The summed E-state index contributed by atoms with van der Waals surface area (Å²) in [7, 11) is 0. The van der Waals surface area contributed by atoms with E-state index in [-0.39, 0.29) is 0 Å². The van der Waals surface area contributed by atoms with Crippen LogP contribution in [0.15, 0.2) is 43.9 Å². The van der Waals surface area contributed by atoms with Crippen LogP contribution in [0.3, 0.4) is 0 Å². The number of benzene rings is 1. The first-order chi connectivity index (χ1) is 7.58. The van der Waals surface area contributed by atoms with Gasteiger partial charge in [0.05, 0.1) is 10.7 Å². The first-order valence-corrected chi connectivity index (χ1v) is 6.41. The fourth-order valence-corrected chi connectivity index (χ4v) is 2.69. The largest absolute Gasteiger partial charge is 0.465 e. The lowest BCUT2D eigenvalue weighted by molar-refractivity contribution is 0.188. The highest BCUT2D eigenvalue weighted by Crippen LogP contribution is 2.32. The molecular weight excluding hydrogens is 359 g/mol. The minimum absolute atomic E-state index is 0.467. The summed E-state index contributed by atoms with van der Waals surface area (Å²) in [6.45, 7) is 0. The van der Waals surface area contributed by atoms with Gasteiger partial charge in [-0.05, 0) is 45.8 Å². The van der Waals surface area contributed by atoms with Gasteiger partial charge in [-0.1, -0.05) is 27.5 Å². The molecule has 0 saturated carbocycles. The minimum Gasteiger partial charge on any atom is -0.465 e. The van der Waals surface area contributed by atoms with E-state index in [1.165, 1.54) is 6.26 Å². The van der Waals surface area contributed by atoms with Crippen molar-refractivity contribution in [2.75, 3.05) is 0 Å². The van der Waals surface area contributed by atoms with Gasteiger partial charge in [-0.25, -0.2) is 0 Å². The predicted molar refractivity (Wildman–Crippen MR) is 69.6 cm³/mol. The van der Waals surface area contributed by atoms with Crippen LogP contribution in [0.5, 0.6) is 0 Å². The molecule has 0 aliphatic heterocycles. The van der Waals surface area contributed by atoms with Crippen molar-refractivity contribution in [3.05, 3.63) is 55.8 Å². The van der Waals surface area contributed by atoms with Gasteiger partial charge >= 0.3 is 0 Å². The van der Waals surface area contributed by atoms with Crippen molar-refractivity contribution in [2.45, 2.75) is 6.10 Å². The number of hydrogen-bond acceptors (Lipinski definition) is 2. The number of rotatable bonds is 2. The minimum atomic E-state index is -0.834. The Kier molecular flexibility index (Phi) is 3.74. The summed E-state index contributed by atoms with van der Waals surface area (Å²) in [5, 5.41) is 10.7. The fraction of sp³-hybridized carbons (Fsp3) is 0.0909. The van der Waals surface area contributed by atoms with Gasteiger partial charge in [-0.15, -0.1) is 0 Å². The van der Waals surface area contributed by atoms with Crippen molar-refractivity contribution in [1.29, 1.82) is 0 Å². The van der Waals surface area contributed by atoms with E-state index >= 15 is 0 Å². The maximum Gasteiger partial charge on any atom is 0.150 e. The third-order valence-corrected chi connectivity index (χ3v) is 3.42. The average molecular weight is 366 g/mol. The second-order valence-electron chi connectivity index (χ2n) is 3.24. The fourth-order valence-electron chi connectivity index (χ4n) is 1.38. The smallest absolute Gasteiger partial charge is 0.150 e. The summed E-state index contributed by atoms with van der Waals surface area (Å²) in [4.78, 5) is 0. The molecule has 0 bridgehead atoms. The van der Waals surface area contributed by atoms with Gasteiger partial charge in [-0.3, -0.25) is 0 Å². The molecule has 2 nitrogen and oxygen atoms in total. The van der Waals surface area contributed by atoms with Crippen LogP contribution in [0.2, 0.25) is 5.02 Å². The molecule has 1 aromatic heterocycles. The van der Waals surface area contributed by atoms with Crippen LogP contribution in [-0.4, -0.2) is 5.11 Å². The quantitative estimate of drug-likeness (QED) is 0.847. The molecule has 0 spiro atoms. The Morgan fingerprint density at radius 2 is 2.00 bits per heavy atom. The molecule has 16 heavy (non-hydrogen) atoms. The summed E-state index contributed by atoms with van der Waals surface area (Å²) in [5.74, 6) is 0.467. The first kappa shape index (κ1) is 12.2. The normalized spacial score (nSPS) is 12.8. The SMILES string of the molecule is OC(c1cc(Cl)cc(Br)c1)c1occc1Br. The first-order valence-electron chi connectivity index (χ1n) is 4.45. The topological polar surface area (TPSA) is 33.4 Å². The molecule has 1 unspecified atom stereocenters. The summed E-state index contributed by atoms with van der Waals surface area (Å²) in [6, 6.07) is 6.99. The monoisotopic (exact) mass is 364 g/mol. The third kappa shape index (κ3) is 2.51. The Balaban J connectivity index is 2.41. The molecular formula is C11H7Br2ClO2. The molecule has 0 amide bonds. The lowest BCUT2D eigenvalue weighted by atomic mass is 10.1. The summed E-state index contributed by atoms with van der Waals surface area (Å²) < 4.78 is 6.75. The Labute approximate surface area is 114 Å². The molecule has 0 fully saturated rings. The number of halogens is 3. The molecule has 0 saturated heterocycles. The molecule has 84 valence electrons. The zero-order valence-electron chi connectivity index (χ0n) is 7.95. The van der Waals surface area contributed by atoms with Crippen molar-refractivity contribution >= 4 is 43.5 Å². The lowest BCUT2D eigenvalue weighted by Crippen LogP contribution is -1.98. The summed E-state index contributed by atoms with van der Waals surface area (Å²) >= 11 is 12.5. The van der Waals surface area contributed by atoms with Crippen LogP contribution < -0.4 is 0 Å². The molecule has 5 heteroatoms. The Bertz CT molecular complexity index is 490. The highest BCUT2D eigenvalue weighted by molar-refractivity contribution is 9.10. The average Bonchev–Trinajstić information content (AvgIpc) is 2.62. The molecule has 1 aromatic carbocycles. The number of aliphatic hydroxyl groups is 1. The van der Waals surface area contributed by atoms with Gasteiger partial charge in [-0.2, -0.15) is 0 Å². The van der Waals surface area contributed by atoms with Crippen LogP contribution in [-0.2, 0) is 0 Å². The van der Waals surface area contributed by atoms with Gasteiger partial charge in [0.2, 0.25) is 0 Å². The van der Waals surface area contributed by atoms with Crippen molar-refractivity contribution < 1.29 is 9.52 Å². The summed E-state index contributed by atoms with van der Waals surface area (Å²) in [6.07, 6.45) is 0.682. The van der Waals surface area contributed by atoms with E-state index in [0.29, 0.717) is 16.3 Å². The Morgan fingerprint density at radius 1 is 1.25 bits per heavy atom. The van der Waals surface area contributed by atoms with E-state index in [0.717, 1.165) is 8.95 Å². The van der Waals surface area contributed by atoms with Gasteiger partial charge in [0.15, 0.2) is 5.76 Å². The van der Waals surface area contributed by atoms with E-state index in [9.17, 15) is 5.11 Å². The van der Waals surface area contributed by atoms with E-state index in [2.05, 4.69) is 31.9 Å². The second kappa shape index (κ2) is 4.92. The zero-order chi connectivity index (χ0) is 11.7. The predicted octanol–water partition coefficient (Wildman–Crippen LogP) is 4.54. The molecule has 2 rings (SSSR count). The van der Waals surface area contributed by atoms with E-state index in [4.69, 9.17) is 16.0 Å². The van der Waals surface area contributed by atoms with Crippen LogP contribution in [0.25, 0.3) is 0 Å². The highest BCUT2D eigenvalue weighted by Gasteiger charge is 2.17. The number of furan rings is 1. The Hall–Kier alpha value is -0.290. The zero-order valence-corrected chi connectivity index (χ0v) is 11.9. The number of hydrogen-bond donors (Lipinski definition) is 1. The van der Waals surface area contributed by atoms with Crippen LogP contribution in [0.1, 0.15) is 17.4 Å². The molecule has 2 aromatic rings. The van der Waals surface area contributed by atoms with E-state index in [1.54, 1.807) is 24.3 Å². The van der Waals surface area contributed by atoms with Crippen molar-refractivity contribution in [3.8, 4) is 0 Å². The second-order valence-corrected chi connectivity index (χ2v) is 5.44. The molecule has 1 N–H and O–H groups in total. The van der Waals surface area contributed by atoms with Gasteiger partial charge in [0, 0.05) is 9.50 Å². The number of aliphatic hydroxyl groups excluding tert-OH is 1. The molecule has 0 aliphatic rings. The van der Waals surface area contributed by atoms with Crippen LogP contribution in [0.4, 0.5) is 0 Å². The van der Waals surface area contributed by atoms with Crippen LogP contribution in [0, 0.1) is 0 Å². The van der Waals surface area contributed by atoms with Crippen LogP contribution >= 0.6 is 43.5 Å². The van der Waals surface area contributed by atoms with E-state index < -0.39 is 6.10 Å². The van der Waals surface area contributed by atoms with Crippen molar-refractivity contribution in [1.82, 2.24) is 0 Å². The third-order valence-electron chi connectivity index (χ3n) is 2.09. The maximum atomic E-state index is 10.1. The standard InChI is InChI=1S/C11H7Br2ClO2/c12-7-3-6(4-8(14)5-7)10(15)11-9(13)1-2-16-11/h1-5,10,15H. The van der Waals surface area contributed by atoms with E-state index in [1.807, 2.05) is 0 Å². The van der Waals surface area contributed by atoms with Gasteiger partial charge < -0.3 is 9.52 Å². The van der Waals surface area contributed by atoms with Crippen molar-refractivity contribution in [2.24, 2.45) is 0 Å². The summed E-state index contributed by atoms with van der Waals surface area (Å²) in [5.41, 5.74) is 0.676. The highest BCUT2D eigenvalue weighted by atomic mass is 79.9. The van der Waals surface area contributed by atoms with Crippen molar-refractivity contribution in [3.63, 3.8) is 0 Å². The molecule has 0 aliphatic carbocycles. The Morgan fingerprint density at radius 3 is 2.56 bits per heavy atom. The molecule has 1 atom stereocenters. The lowest BCUT2D eigenvalue weighted by Gasteiger charge is -2.10. The maximum absolute atomic E-state index is 10.1. The van der Waals surface area contributed by atoms with Gasteiger partial charge in [0.25, 0.3) is 0 Å². The van der Waals surface area contributed by atoms with Gasteiger partial charge in [0.1, 0.15) is 6.10 Å². The molecule has 1 heterocycles.